The van der Waals surface area contributed by atoms with Gasteiger partial charge in [0.25, 0.3) is 11.8 Å². The number of ether oxygens (including phenoxy) is 2. The number of unbranched alkanes of at least 4 members (excludes halogenated alkanes) is 1. The number of anilines is 2. The molecule has 2 saturated heterocycles. The van der Waals surface area contributed by atoms with Crippen LogP contribution in [0.25, 0.3) is 5.70 Å². The maximum atomic E-state index is 14.5. The van der Waals surface area contributed by atoms with Crippen LogP contribution in [0.3, 0.4) is 0 Å². The summed E-state index contributed by atoms with van der Waals surface area (Å²) in [5, 5.41) is 10.2. The van der Waals surface area contributed by atoms with Gasteiger partial charge in [0.15, 0.2) is 0 Å². The topological polar surface area (TPSA) is 202 Å². The van der Waals surface area contributed by atoms with Crippen molar-refractivity contribution in [3.63, 3.8) is 0 Å². The third kappa shape index (κ3) is 12.4. The van der Waals surface area contributed by atoms with Crippen molar-refractivity contribution >= 4 is 40.7 Å². The van der Waals surface area contributed by atoms with Crippen LogP contribution in [-0.4, -0.2) is 139 Å². The first-order chi connectivity index (χ1) is 37.4. The first-order valence-electron chi connectivity index (χ1n) is 28.1. The predicted octanol–water partition coefficient (Wildman–Crippen LogP) is 5.73. The lowest BCUT2D eigenvalue weighted by Crippen LogP contribution is -2.58. The van der Waals surface area contributed by atoms with E-state index in [1.807, 2.05) is 36.3 Å². The zero-order valence-corrected chi connectivity index (χ0v) is 45.2. The van der Waals surface area contributed by atoms with Gasteiger partial charge in [0.1, 0.15) is 29.7 Å². The summed E-state index contributed by atoms with van der Waals surface area (Å²) in [7, 11) is 6.03. The standard InChI is InChI=1S/C59H78N12O6/c1-67(2)31-7-6-16-48(64-58(75)59(27-10-28-59)57(74)62-30-32-68(3)33-34-70-53(72)24-25-54(70)73)55(41-11-8-12-41)63-42-20-18-40(19-21-42)39-76-51-17-5-4-15-47(51)49-36-50(56(60)66-65-49)69-37-44-22-23-45(38-69)71(44)43-26-29-61-52(35-43)77-46-13-9-14-46/h4-5,15,17-21,24-26,29,35-36,44-46,48,63,65-66H,6-14,16,22-23,27-28,30-34,37-39,60H2,1-3H3,(H,62,74)(H,64,75). The molecule has 7 aliphatic rings. The molecule has 1 aromatic heterocycles. The van der Waals surface area contributed by atoms with Crippen LogP contribution in [-0.2, 0) is 25.8 Å². The van der Waals surface area contributed by atoms with E-state index in [0.717, 1.165) is 136 Å². The number of hydrazine groups is 1. The van der Waals surface area contributed by atoms with Crippen LogP contribution in [0.1, 0.15) is 101 Å². The number of para-hydroxylation sites is 1. The summed E-state index contributed by atoms with van der Waals surface area (Å²) in [6.07, 6.45) is 20.0. The molecule has 5 fully saturated rings. The van der Waals surface area contributed by atoms with E-state index in [4.69, 9.17) is 15.2 Å². The molecule has 0 spiro atoms. The van der Waals surface area contributed by atoms with Crippen molar-refractivity contribution in [3.8, 4) is 11.6 Å². The molecule has 3 aliphatic carbocycles. The molecule has 18 nitrogen and oxygen atoms in total. The number of pyridine rings is 1. The molecule has 3 atom stereocenters. The van der Waals surface area contributed by atoms with Crippen LogP contribution >= 0.6 is 0 Å². The Balaban J connectivity index is 0.763. The van der Waals surface area contributed by atoms with Crippen molar-refractivity contribution in [2.45, 2.75) is 121 Å². The molecular formula is C59H78N12O6. The van der Waals surface area contributed by atoms with Crippen molar-refractivity contribution in [3.05, 3.63) is 119 Å². The number of carbonyl (C=O) groups is 4. The number of likely N-dealkylation sites (tertiary alicyclic amines) is 1. The lowest BCUT2D eigenvalue weighted by molar-refractivity contribution is -0.150. The summed E-state index contributed by atoms with van der Waals surface area (Å²) < 4.78 is 12.8. The van der Waals surface area contributed by atoms with Crippen LogP contribution in [0.5, 0.6) is 11.6 Å². The summed E-state index contributed by atoms with van der Waals surface area (Å²) in [6, 6.07) is 21.0. The monoisotopic (exact) mass is 1050 g/mol. The third-order valence-corrected chi connectivity index (χ3v) is 16.7. The smallest absolute Gasteiger partial charge is 0.253 e. The molecule has 0 radical (unpaired) electrons. The number of imide groups is 1. The number of nitrogens with zero attached hydrogens (tertiary/aromatic N) is 6. The van der Waals surface area contributed by atoms with Gasteiger partial charge >= 0.3 is 0 Å². The summed E-state index contributed by atoms with van der Waals surface area (Å²) in [4.78, 5) is 67.2. The first kappa shape index (κ1) is 53.4. The van der Waals surface area contributed by atoms with Crippen LogP contribution in [0, 0.1) is 5.41 Å². The SMILES string of the molecule is CN(C)CCCCC(NC(=O)C1(C(=O)NCCN(C)CCN2C(=O)C=CC2=O)CCC1)C(Nc1ccc(COc2ccccc2C2=CC(N3CC4CCC(C3)N4c3ccnc(OC4CCC4)c3)=C(N)NN2)cc1)=C1CCC1. The van der Waals surface area contributed by atoms with Crippen molar-refractivity contribution in [2.24, 2.45) is 11.1 Å². The average molecular weight is 1050 g/mol. The quantitative estimate of drug-likeness (QED) is 0.0341. The van der Waals surface area contributed by atoms with E-state index in [-0.39, 0.29) is 42.3 Å². The van der Waals surface area contributed by atoms with Gasteiger partial charge in [-0.2, -0.15) is 0 Å². The molecule has 18 heteroatoms. The lowest BCUT2D eigenvalue weighted by Gasteiger charge is -2.44. The molecule has 410 valence electrons. The molecular weight excluding hydrogens is 973 g/mol. The highest BCUT2D eigenvalue weighted by Gasteiger charge is 2.51. The number of rotatable bonds is 25. The normalized spacial score (nSPS) is 21.0. The number of hydrogen-bond donors (Lipinski definition) is 6. The minimum absolute atomic E-state index is 0.223. The molecule has 3 aromatic rings. The van der Waals surface area contributed by atoms with Crippen molar-refractivity contribution in [2.75, 3.05) is 77.2 Å². The van der Waals surface area contributed by atoms with E-state index in [9.17, 15) is 19.2 Å². The van der Waals surface area contributed by atoms with Crippen molar-refractivity contribution < 1.29 is 28.7 Å². The number of likely N-dealkylation sites (N-methyl/N-ethyl adjacent to an activating group) is 1. The molecule has 4 aliphatic heterocycles. The molecule has 10 rings (SSSR count). The number of carbonyl (C=O) groups excluding carboxylic acids is 4. The van der Waals surface area contributed by atoms with Crippen molar-refractivity contribution in [1.82, 2.24) is 46.1 Å². The zero-order valence-electron chi connectivity index (χ0n) is 45.2. The van der Waals surface area contributed by atoms with Crippen LogP contribution < -0.4 is 46.9 Å². The van der Waals surface area contributed by atoms with Gasteiger partial charge in [0.05, 0.1) is 17.4 Å². The Bertz CT molecular complexity index is 2730. The van der Waals surface area contributed by atoms with Gasteiger partial charge in [0, 0.05) is 98.4 Å². The van der Waals surface area contributed by atoms with E-state index in [1.54, 1.807) is 0 Å². The number of piperazine rings is 1. The molecule has 7 N–H and O–H groups in total. The van der Waals surface area contributed by atoms with E-state index in [1.165, 1.54) is 34.7 Å². The minimum Gasteiger partial charge on any atom is -0.488 e. The molecule has 3 saturated carbocycles. The molecule has 2 aromatic carbocycles. The Kier molecular flexibility index (Phi) is 16.7. The maximum absolute atomic E-state index is 14.5. The van der Waals surface area contributed by atoms with E-state index >= 15 is 0 Å². The zero-order chi connectivity index (χ0) is 53.5. The van der Waals surface area contributed by atoms with Gasteiger partial charge in [-0.25, -0.2) is 4.98 Å². The molecule has 2 bridgehead atoms. The third-order valence-electron chi connectivity index (χ3n) is 16.7. The van der Waals surface area contributed by atoms with E-state index < -0.39 is 5.41 Å². The number of benzene rings is 2. The number of allylic oxidation sites excluding steroid dienone is 2. The Hall–Kier alpha value is -7.05. The van der Waals surface area contributed by atoms with Crippen LogP contribution in [0.2, 0.25) is 0 Å². The molecule has 3 unspecified atom stereocenters. The summed E-state index contributed by atoms with van der Waals surface area (Å²) in [5.41, 5.74) is 20.3. The summed E-state index contributed by atoms with van der Waals surface area (Å²) in [5.74, 6) is 0.965. The Labute approximate surface area is 453 Å². The molecule has 5 heterocycles. The van der Waals surface area contributed by atoms with Crippen LogP contribution in [0.15, 0.2) is 108 Å². The van der Waals surface area contributed by atoms with Gasteiger partial charge in [-0.15, -0.1) is 0 Å². The molecule has 77 heavy (non-hydrogen) atoms. The van der Waals surface area contributed by atoms with Crippen molar-refractivity contribution in [1.29, 1.82) is 0 Å². The maximum Gasteiger partial charge on any atom is 0.253 e. The Morgan fingerprint density at radius 2 is 1.62 bits per heavy atom. The highest BCUT2D eigenvalue weighted by Crippen LogP contribution is 2.43. The fraction of sp³-hybridized carbons (Fsp3) is 0.508. The minimum atomic E-state index is -1.13. The average Bonchev–Trinajstić information content (AvgIpc) is 3.88. The van der Waals surface area contributed by atoms with Gasteiger partial charge in [0.2, 0.25) is 17.7 Å². The van der Waals surface area contributed by atoms with Gasteiger partial charge in [-0.3, -0.25) is 34.9 Å². The van der Waals surface area contributed by atoms with Crippen LogP contribution in [0.4, 0.5) is 11.4 Å². The highest BCUT2D eigenvalue weighted by atomic mass is 16.5. The Morgan fingerprint density at radius 3 is 2.30 bits per heavy atom. The largest absolute Gasteiger partial charge is 0.488 e. The second kappa shape index (κ2) is 24.1. The second-order valence-corrected chi connectivity index (χ2v) is 22.3. The number of fused-ring (bicyclic) bond motifs is 2. The lowest BCUT2D eigenvalue weighted by atomic mass is 9.67. The number of hydrogen-bond acceptors (Lipinski definition) is 15. The first-order valence-corrected chi connectivity index (χ1v) is 28.1. The summed E-state index contributed by atoms with van der Waals surface area (Å²) in [6.45, 7) is 4.60. The fourth-order valence-corrected chi connectivity index (χ4v) is 11.5. The van der Waals surface area contributed by atoms with E-state index in [2.05, 4.69) is 109 Å². The summed E-state index contributed by atoms with van der Waals surface area (Å²) >= 11 is 0. The van der Waals surface area contributed by atoms with Gasteiger partial charge in [-0.05, 0) is 159 Å². The fourth-order valence-electron chi connectivity index (χ4n) is 11.5. The number of amides is 4. The van der Waals surface area contributed by atoms with Gasteiger partial charge < -0.3 is 50.8 Å². The highest BCUT2D eigenvalue weighted by molar-refractivity contribution is 6.12. The number of nitrogens with two attached hydrogens (primary N) is 1. The molecule has 4 amide bonds. The number of nitrogens with one attached hydrogen (secondary N) is 5. The van der Waals surface area contributed by atoms with Gasteiger partial charge in [-0.1, -0.05) is 30.7 Å². The van der Waals surface area contributed by atoms with E-state index in [0.29, 0.717) is 57.0 Å². The Morgan fingerprint density at radius 1 is 0.870 bits per heavy atom. The second-order valence-electron chi connectivity index (χ2n) is 22.3. The predicted molar refractivity (Wildman–Crippen MR) is 298 cm³/mol. The number of aromatic nitrogens is 1.